The Morgan fingerprint density at radius 1 is 1.21 bits per heavy atom. The number of benzene rings is 1. The van der Waals surface area contributed by atoms with Gasteiger partial charge in [-0.05, 0) is 31.2 Å². The molecule has 19 heavy (non-hydrogen) atoms. The van der Waals surface area contributed by atoms with Gasteiger partial charge in [0, 0.05) is 7.05 Å². The van der Waals surface area contributed by atoms with Crippen molar-refractivity contribution >= 4 is 5.91 Å². The van der Waals surface area contributed by atoms with E-state index in [-0.39, 0.29) is 12.5 Å². The smallest absolute Gasteiger partial charge is 0.260 e. The monoisotopic (exact) mass is 259 g/mol. The third-order valence-electron chi connectivity index (χ3n) is 2.72. The lowest BCUT2D eigenvalue weighted by Gasteiger charge is -2.16. The van der Waals surface area contributed by atoms with E-state index in [4.69, 9.17) is 9.15 Å². The van der Waals surface area contributed by atoms with E-state index < -0.39 is 0 Å². The van der Waals surface area contributed by atoms with E-state index in [1.807, 2.05) is 49.4 Å². The minimum Gasteiger partial charge on any atom is -0.484 e. The van der Waals surface area contributed by atoms with Gasteiger partial charge in [-0.3, -0.25) is 4.79 Å². The van der Waals surface area contributed by atoms with Gasteiger partial charge in [0.05, 0.1) is 6.54 Å². The molecule has 0 fully saturated rings. The second kappa shape index (κ2) is 6.09. The van der Waals surface area contributed by atoms with Gasteiger partial charge in [-0.15, -0.1) is 0 Å². The number of likely N-dealkylation sites (N-methyl/N-ethyl adjacent to an activating group) is 1. The van der Waals surface area contributed by atoms with Gasteiger partial charge >= 0.3 is 0 Å². The third kappa shape index (κ3) is 3.88. The van der Waals surface area contributed by atoms with Crippen LogP contribution in [0.4, 0.5) is 0 Å². The molecule has 100 valence electrons. The number of hydrogen-bond acceptors (Lipinski definition) is 3. The molecule has 0 saturated heterocycles. The van der Waals surface area contributed by atoms with Crippen molar-refractivity contribution in [2.45, 2.75) is 13.5 Å². The van der Waals surface area contributed by atoms with Crippen LogP contribution in [0.15, 0.2) is 46.9 Å². The van der Waals surface area contributed by atoms with Gasteiger partial charge in [0.25, 0.3) is 5.91 Å². The van der Waals surface area contributed by atoms with Crippen molar-refractivity contribution in [2.24, 2.45) is 0 Å². The minimum atomic E-state index is -0.0853. The fourth-order valence-corrected chi connectivity index (χ4v) is 1.66. The van der Waals surface area contributed by atoms with Crippen molar-refractivity contribution in [2.75, 3.05) is 13.7 Å². The van der Waals surface area contributed by atoms with Crippen LogP contribution in [-0.4, -0.2) is 24.5 Å². The van der Waals surface area contributed by atoms with Crippen molar-refractivity contribution in [1.29, 1.82) is 0 Å². The van der Waals surface area contributed by atoms with E-state index in [0.29, 0.717) is 12.3 Å². The zero-order valence-corrected chi connectivity index (χ0v) is 11.1. The number of ether oxygens (including phenoxy) is 1. The number of carbonyl (C=O) groups excluding carboxylic acids is 1. The molecule has 0 N–H and O–H groups in total. The molecule has 0 bridgehead atoms. The molecule has 0 aliphatic carbocycles. The molecule has 1 heterocycles. The van der Waals surface area contributed by atoms with E-state index in [9.17, 15) is 4.79 Å². The topological polar surface area (TPSA) is 42.7 Å². The Morgan fingerprint density at radius 3 is 2.58 bits per heavy atom. The molecule has 0 radical (unpaired) electrons. The summed E-state index contributed by atoms with van der Waals surface area (Å²) in [7, 11) is 1.73. The molecule has 4 heteroatoms. The Kier molecular flexibility index (Phi) is 4.23. The maximum absolute atomic E-state index is 11.9. The zero-order valence-electron chi connectivity index (χ0n) is 11.1. The first-order valence-electron chi connectivity index (χ1n) is 6.12. The fraction of sp³-hybridized carbons (Fsp3) is 0.267. The molecule has 2 rings (SSSR count). The summed E-state index contributed by atoms with van der Waals surface area (Å²) in [5.74, 6) is 2.22. The minimum absolute atomic E-state index is 0.0280. The summed E-state index contributed by atoms with van der Waals surface area (Å²) in [5.41, 5.74) is 0. The summed E-state index contributed by atoms with van der Waals surface area (Å²) in [6, 6.07) is 13.0. The molecule has 1 aromatic carbocycles. The SMILES string of the molecule is Cc1ccc(CN(C)C(=O)COc2ccccc2)o1. The van der Waals surface area contributed by atoms with E-state index in [2.05, 4.69) is 0 Å². The molecular weight excluding hydrogens is 242 g/mol. The second-order valence-electron chi connectivity index (χ2n) is 4.36. The van der Waals surface area contributed by atoms with Crippen LogP contribution in [0.5, 0.6) is 5.75 Å². The van der Waals surface area contributed by atoms with E-state index in [1.165, 1.54) is 0 Å². The largest absolute Gasteiger partial charge is 0.484 e. The van der Waals surface area contributed by atoms with E-state index >= 15 is 0 Å². The molecule has 0 unspecified atom stereocenters. The average molecular weight is 259 g/mol. The highest BCUT2D eigenvalue weighted by Crippen LogP contribution is 2.10. The quantitative estimate of drug-likeness (QED) is 0.829. The lowest BCUT2D eigenvalue weighted by molar-refractivity contribution is -0.132. The van der Waals surface area contributed by atoms with Crippen LogP contribution < -0.4 is 4.74 Å². The van der Waals surface area contributed by atoms with Gasteiger partial charge in [-0.1, -0.05) is 18.2 Å². The molecule has 0 spiro atoms. The van der Waals surface area contributed by atoms with Crippen molar-refractivity contribution in [1.82, 2.24) is 4.90 Å². The fourth-order valence-electron chi connectivity index (χ4n) is 1.66. The zero-order chi connectivity index (χ0) is 13.7. The lowest BCUT2D eigenvalue weighted by atomic mass is 10.3. The number of aryl methyl sites for hydroxylation is 1. The maximum Gasteiger partial charge on any atom is 0.260 e. The number of amides is 1. The highest BCUT2D eigenvalue weighted by Gasteiger charge is 2.11. The summed E-state index contributed by atoms with van der Waals surface area (Å²) in [6.07, 6.45) is 0. The second-order valence-corrected chi connectivity index (χ2v) is 4.36. The molecule has 1 amide bonds. The van der Waals surface area contributed by atoms with E-state index in [1.54, 1.807) is 11.9 Å². The highest BCUT2D eigenvalue weighted by molar-refractivity contribution is 5.77. The van der Waals surface area contributed by atoms with Crippen molar-refractivity contribution in [3.05, 3.63) is 54.0 Å². The van der Waals surface area contributed by atoms with Gasteiger partial charge in [0.1, 0.15) is 17.3 Å². The summed E-state index contributed by atoms with van der Waals surface area (Å²) < 4.78 is 10.8. The Hall–Kier alpha value is -2.23. The predicted octanol–water partition coefficient (Wildman–Crippen LogP) is 2.63. The summed E-state index contributed by atoms with van der Waals surface area (Å²) in [6.45, 7) is 2.36. The first-order chi connectivity index (χ1) is 9.15. The van der Waals surface area contributed by atoms with Gasteiger partial charge in [-0.2, -0.15) is 0 Å². The van der Waals surface area contributed by atoms with Crippen molar-refractivity contribution in [3.63, 3.8) is 0 Å². The molecule has 0 atom stereocenters. The molecule has 0 saturated carbocycles. The third-order valence-corrected chi connectivity index (χ3v) is 2.72. The van der Waals surface area contributed by atoms with Crippen LogP contribution in [0.25, 0.3) is 0 Å². The highest BCUT2D eigenvalue weighted by atomic mass is 16.5. The molecule has 4 nitrogen and oxygen atoms in total. The molecular formula is C15H17NO3. The number of hydrogen-bond donors (Lipinski definition) is 0. The predicted molar refractivity (Wildman–Crippen MR) is 71.9 cm³/mol. The molecule has 2 aromatic rings. The van der Waals surface area contributed by atoms with Gasteiger partial charge in [0.15, 0.2) is 6.61 Å². The number of para-hydroxylation sites is 1. The maximum atomic E-state index is 11.9. The van der Waals surface area contributed by atoms with Gasteiger partial charge < -0.3 is 14.1 Å². The van der Waals surface area contributed by atoms with Crippen LogP contribution in [0.3, 0.4) is 0 Å². The van der Waals surface area contributed by atoms with Crippen LogP contribution in [0.1, 0.15) is 11.5 Å². The Balaban J connectivity index is 1.82. The van der Waals surface area contributed by atoms with Crippen LogP contribution >= 0.6 is 0 Å². The molecule has 0 aliphatic rings. The van der Waals surface area contributed by atoms with Crippen LogP contribution in [0, 0.1) is 6.92 Å². The number of nitrogens with zero attached hydrogens (tertiary/aromatic N) is 1. The number of furan rings is 1. The normalized spacial score (nSPS) is 10.2. The standard InChI is InChI=1S/C15H17NO3/c1-12-8-9-14(19-12)10-16(2)15(17)11-18-13-6-4-3-5-7-13/h3-9H,10-11H2,1-2H3. The van der Waals surface area contributed by atoms with Crippen LogP contribution in [-0.2, 0) is 11.3 Å². The van der Waals surface area contributed by atoms with Gasteiger partial charge in [-0.25, -0.2) is 0 Å². The van der Waals surface area contributed by atoms with Crippen LogP contribution in [0.2, 0.25) is 0 Å². The first kappa shape index (κ1) is 13.2. The molecule has 1 aromatic heterocycles. The first-order valence-corrected chi connectivity index (χ1v) is 6.12. The van der Waals surface area contributed by atoms with Crippen molar-refractivity contribution < 1.29 is 13.9 Å². The number of rotatable bonds is 5. The average Bonchev–Trinajstić information content (AvgIpc) is 2.82. The van der Waals surface area contributed by atoms with Gasteiger partial charge in [0.2, 0.25) is 0 Å². The Morgan fingerprint density at radius 2 is 1.95 bits per heavy atom. The summed E-state index contributed by atoms with van der Waals surface area (Å²) in [4.78, 5) is 13.5. The Labute approximate surface area is 112 Å². The molecule has 0 aliphatic heterocycles. The van der Waals surface area contributed by atoms with E-state index in [0.717, 1.165) is 11.5 Å². The number of carbonyl (C=O) groups is 1. The Bertz CT molecular complexity index is 533. The summed E-state index contributed by atoms with van der Waals surface area (Å²) >= 11 is 0. The van der Waals surface area contributed by atoms with Crippen molar-refractivity contribution in [3.8, 4) is 5.75 Å². The lowest BCUT2D eigenvalue weighted by Crippen LogP contribution is -2.30. The summed E-state index contributed by atoms with van der Waals surface area (Å²) in [5, 5.41) is 0.